The Morgan fingerprint density at radius 1 is 0.468 bits per heavy atom. The molecule has 0 aliphatic rings. The van der Waals surface area contributed by atoms with E-state index in [1.54, 1.807) is 61.9 Å². The van der Waals surface area contributed by atoms with Gasteiger partial charge in [0.1, 0.15) is 5.75 Å². The molecule has 0 radical (unpaired) electrons. The van der Waals surface area contributed by atoms with E-state index >= 15 is 0 Å². The van der Waals surface area contributed by atoms with Crippen molar-refractivity contribution in [3.05, 3.63) is 82.4 Å². The van der Waals surface area contributed by atoms with Gasteiger partial charge >= 0.3 is 0 Å². The van der Waals surface area contributed by atoms with E-state index in [-0.39, 0.29) is 17.2 Å². The van der Waals surface area contributed by atoms with Crippen molar-refractivity contribution >= 4 is 12.2 Å². The Bertz CT molecular complexity index is 1610. The summed E-state index contributed by atoms with van der Waals surface area (Å²) >= 11 is 0. The highest BCUT2D eigenvalue weighted by Gasteiger charge is 2.16. The van der Waals surface area contributed by atoms with Crippen LogP contribution in [0.1, 0.15) is 27.8 Å². The van der Waals surface area contributed by atoms with Gasteiger partial charge in [-0.25, -0.2) is 0 Å². The lowest BCUT2D eigenvalue weighted by atomic mass is 10.0. The van der Waals surface area contributed by atoms with E-state index in [1.165, 1.54) is 7.11 Å². The molecule has 4 rings (SSSR count). The maximum atomic E-state index is 10.1. The Morgan fingerprint density at radius 2 is 0.936 bits per heavy atom. The van der Waals surface area contributed by atoms with Crippen LogP contribution in [0.4, 0.5) is 0 Å². The number of phenolic OH excluding ortho intramolecular Hbond substituents is 2. The van der Waals surface area contributed by atoms with E-state index in [2.05, 4.69) is 6.07 Å². The SMILES string of the molecule is COc1ccc(/C=C\c2cc(OC)c(OC)c(OC)c2)cc1C.COc1ccc(CCc2cc(OC)c(OC)c(OC)c2)c(O)c1O. The van der Waals surface area contributed by atoms with E-state index in [1.807, 2.05) is 55.5 Å². The molecule has 0 saturated carbocycles. The van der Waals surface area contributed by atoms with Crippen molar-refractivity contribution in [2.24, 2.45) is 0 Å². The zero-order chi connectivity index (χ0) is 34.5. The molecule has 4 aromatic rings. The van der Waals surface area contributed by atoms with Crippen LogP contribution in [0.25, 0.3) is 12.2 Å². The van der Waals surface area contributed by atoms with Crippen molar-refractivity contribution in [2.75, 3.05) is 56.9 Å². The molecule has 2 N–H and O–H groups in total. The van der Waals surface area contributed by atoms with Crippen LogP contribution in [-0.2, 0) is 12.8 Å². The van der Waals surface area contributed by atoms with Gasteiger partial charge in [-0.15, -0.1) is 0 Å². The van der Waals surface area contributed by atoms with E-state index in [9.17, 15) is 10.2 Å². The molecule has 0 aliphatic carbocycles. The predicted molar refractivity (Wildman–Crippen MR) is 183 cm³/mol. The van der Waals surface area contributed by atoms with Crippen LogP contribution < -0.4 is 37.9 Å². The Hall–Kier alpha value is -5.38. The minimum absolute atomic E-state index is 0.165. The highest BCUT2D eigenvalue weighted by molar-refractivity contribution is 5.73. The molecule has 0 saturated heterocycles. The summed E-state index contributed by atoms with van der Waals surface area (Å²) in [7, 11) is 12.6. The van der Waals surface area contributed by atoms with Crippen LogP contribution in [0.5, 0.6) is 57.5 Å². The molecule has 0 amide bonds. The normalized spacial score (nSPS) is 10.5. The lowest BCUT2D eigenvalue weighted by Gasteiger charge is -2.14. The summed E-state index contributed by atoms with van der Waals surface area (Å²) in [4.78, 5) is 0. The molecule has 47 heavy (non-hydrogen) atoms. The predicted octanol–water partition coefficient (Wildman–Crippen LogP) is 7.12. The number of benzene rings is 4. The third-order valence-electron chi connectivity index (χ3n) is 7.40. The molecular weight excluding hydrogens is 604 g/mol. The number of hydrogen-bond donors (Lipinski definition) is 2. The van der Waals surface area contributed by atoms with Crippen molar-refractivity contribution in [3.63, 3.8) is 0 Å². The smallest absolute Gasteiger partial charge is 0.203 e. The zero-order valence-corrected chi connectivity index (χ0v) is 28.4. The highest BCUT2D eigenvalue weighted by Crippen LogP contribution is 2.41. The minimum atomic E-state index is -0.250. The van der Waals surface area contributed by atoms with Crippen LogP contribution >= 0.6 is 0 Å². The summed E-state index contributed by atoms with van der Waals surface area (Å²) in [5.74, 6) is 4.26. The second-order valence-electron chi connectivity index (χ2n) is 10.2. The molecule has 0 aliphatic heterocycles. The number of hydrogen-bond acceptors (Lipinski definition) is 10. The first-order valence-electron chi connectivity index (χ1n) is 14.7. The van der Waals surface area contributed by atoms with Gasteiger partial charge in [-0.3, -0.25) is 0 Å². The van der Waals surface area contributed by atoms with E-state index in [4.69, 9.17) is 37.9 Å². The van der Waals surface area contributed by atoms with Gasteiger partial charge in [0.2, 0.25) is 17.2 Å². The summed E-state index contributed by atoms with van der Waals surface area (Å²) in [5.41, 5.74) is 4.74. The van der Waals surface area contributed by atoms with Gasteiger partial charge in [-0.2, -0.15) is 0 Å². The fourth-order valence-electron chi connectivity index (χ4n) is 4.92. The lowest BCUT2D eigenvalue weighted by Crippen LogP contribution is -1.99. The Labute approximate surface area is 276 Å². The van der Waals surface area contributed by atoms with Gasteiger partial charge in [0.25, 0.3) is 0 Å². The van der Waals surface area contributed by atoms with E-state index in [0.29, 0.717) is 52.9 Å². The zero-order valence-electron chi connectivity index (χ0n) is 28.4. The molecule has 4 aromatic carbocycles. The minimum Gasteiger partial charge on any atom is -0.504 e. The quantitative estimate of drug-likeness (QED) is 0.115. The van der Waals surface area contributed by atoms with Gasteiger partial charge in [0.05, 0.1) is 56.9 Å². The standard InChI is InChI=1S/C19H22O4.C18H22O6/c1-13-10-14(8-9-16(13)20-2)6-7-15-11-17(21-3)19(23-5)18(12-15)22-4;1-21-13-8-7-12(16(19)17(13)20)6-5-11-9-14(22-2)18(24-4)15(10-11)23-3/h6-12H,1-5H3;7-10,19-20H,5-6H2,1-4H3/b7-6-;. The molecule has 0 spiro atoms. The second-order valence-corrected chi connectivity index (χ2v) is 10.2. The van der Waals surface area contributed by atoms with Crippen molar-refractivity contribution in [1.82, 2.24) is 0 Å². The molecule has 0 heterocycles. The molecule has 0 unspecified atom stereocenters. The van der Waals surface area contributed by atoms with Crippen molar-refractivity contribution in [3.8, 4) is 57.5 Å². The van der Waals surface area contributed by atoms with Crippen molar-refractivity contribution < 1.29 is 48.1 Å². The van der Waals surface area contributed by atoms with Crippen LogP contribution in [0.3, 0.4) is 0 Å². The van der Waals surface area contributed by atoms with Crippen molar-refractivity contribution in [1.29, 1.82) is 0 Å². The summed E-state index contributed by atoms with van der Waals surface area (Å²) < 4.78 is 42.3. The average Bonchev–Trinajstić information content (AvgIpc) is 3.10. The van der Waals surface area contributed by atoms with Gasteiger partial charge in [-0.1, -0.05) is 24.3 Å². The molecular formula is C37H44O10. The monoisotopic (exact) mass is 648 g/mol. The number of rotatable bonds is 13. The third-order valence-corrected chi connectivity index (χ3v) is 7.40. The molecule has 10 heteroatoms. The Morgan fingerprint density at radius 3 is 1.40 bits per heavy atom. The third kappa shape index (κ3) is 8.88. The topological polar surface area (TPSA) is 114 Å². The van der Waals surface area contributed by atoms with Crippen molar-refractivity contribution in [2.45, 2.75) is 19.8 Å². The number of ether oxygens (including phenoxy) is 8. The van der Waals surface area contributed by atoms with Gasteiger partial charge in [0.15, 0.2) is 34.5 Å². The first-order valence-corrected chi connectivity index (χ1v) is 14.7. The molecule has 0 atom stereocenters. The first kappa shape index (κ1) is 36.1. The van der Waals surface area contributed by atoms with Crippen LogP contribution in [0, 0.1) is 6.92 Å². The molecule has 0 aromatic heterocycles. The summed E-state index contributed by atoms with van der Waals surface area (Å²) in [6, 6.07) is 17.0. The van der Waals surface area contributed by atoms with Crippen LogP contribution in [-0.4, -0.2) is 67.1 Å². The lowest BCUT2D eigenvalue weighted by molar-refractivity contribution is 0.323. The largest absolute Gasteiger partial charge is 0.504 e. The first-order chi connectivity index (χ1) is 22.7. The fourth-order valence-corrected chi connectivity index (χ4v) is 4.92. The number of aryl methyl sites for hydroxylation is 3. The van der Waals surface area contributed by atoms with E-state index < -0.39 is 0 Å². The molecule has 0 fully saturated rings. The van der Waals surface area contributed by atoms with Gasteiger partial charge < -0.3 is 48.1 Å². The summed E-state index contributed by atoms with van der Waals surface area (Å²) in [5, 5.41) is 19.9. The molecule has 10 nitrogen and oxygen atoms in total. The molecule has 0 bridgehead atoms. The maximum absolute atomic E-state index is 10.1. The number of phenols is 2. The molecule has 252 valence electrons. The second kappa shape index (κ2) is 17.4. The fraction of sp³-hybridized carbons (Fsp3) is 0.297. The van der Waals surface area contributed by atoms with Gasteiger partial charge in [-0.05, 0) is 90.0 Å². The summed E-state index contributed by atoms with van der Waals surface area (Å²) in [6.45, 7) is 2.02. The van der Waals surface area contributed by atoms with Crippen LogP contribution in [0.15, 0.2) is 54.6 Å². The van der Waals surface area contributed by atoms with Gasteiger partial charge in [0, 0.05) is 0 Å². The Kier molecular flexibility index (Phi) is 13.3. The Balaban J connectivity index is 0.000000256. The highest BCUT2D eigenvalue weighted by atomic mass is 16.5. The maximum Gasteiger partial charge on any atom is 0.203 e. The van der Waals surface area contributed by atoms with E-state index in [0.717, 1.165) is 28.0 Å². The number of aromatic hydroxyl groups is 2. The average molecular weight is 649 g/mol. The van der Waals surface area contributed by atoms with Crippen LogP contribution in [0.2, 0.25) is 0 Å². The number of methoxy groups -OCH3 is 8. The summed E-state index contributed by atoms with van der Waals surface area (Å²) in [6.07, 6.45) is 5.19.